The minimum atomic E-state index is -3.89. The summed E-state index contributed by atoms with van der Waals surface area (Å²) >= 11 is 0. The molecule has 1 aliphatic carbocycles. The van der Waals surface area contributed by atoms with E-state index in [9.17, 15) is 13.2 Å². The fourth-order valence-electron chi connectivity index (χ4n) is 4.96. The number of benzene rings is 2. The minimum Gasteiger partial charge on any atom is -0.465 e. The van der Waals surface area contributed by atoms with Crippen LogP contribution in [0.15, 0.2) is 58.5 Å². The maximum Gasteiger partial charge on any atom is 0.324 e. The van der Waals surface area contributed by atoms with Gasteiger partial charge in [-0.1, -0.05) is 41.8 Å². The summed E-state index contributed by atoms with van der Waals surface area (Å²) in [4.78, 5) is 13.2. The van der Waals surface area contributed by atoms with Gasteiger partial charge >= 0.3 is 5.97 Å². The smallest absolute Gasteiger partial charge is 0.324 e. The average molecular weight is 484 g/mol. The molecule has 4 rings (SSSR count). The van der Waals surface area contributed by atoms with Crippen molar-refractivity contribution in [2.24, 2.45) is 11.0 Å². The van der Waals surface area contributed by atoms with Crippen LogP contribution in [0.2, 0.25) is 0 Å². The third-order valence-electron chi connectivity index (χ3n) is 6.72. The Bertz CT molecular complexity index is 1140. The summed E-state index contributed by atoms with van der Waals surface area (Å²) in [5.74, 6) is -0.632. The lowest BCUT2D eigenvalue weighted by atomic mass is 9.92. The van der Waals surface area contributed by atoms with Gasteiger partial charge in [-0.3, -0.25) is 10.2 Å². The molecule has 0 aromatic heterocycles. The number of sulfonamides is 1. The molecule has 0 spiro atoms. The number of rotatable bonds is 6. The standard InChI is InChI=1S/C26H33N3O4S/c1-4-33-26(30)25-17-22-23(28-27-20-13-9-18(2)10-14-20)7-5-6-8-24(22)29(25)34(31,32)21-15-11-19(3)12-16-21/h9-16,22,24-25,27H,4-8,17H2,1-3H3/b28-23-/t22-,24+,25+/m1/s1. The van der Waals surface area contributed by atoms with Crippen LogP contribution in [0.25, 0.3) is 0 Å². The summed E-state index contributed by atoms with van der Waals surface area (Å²) in [6, 6.07) is 13.6. The van der Waals surface area contributed by atoms with Crippen molar-refractivity contribution in [1.82, 2.24) is 4.31 Å². The van der Waals surface area contributed by atoms with Crippen LogP contribution in [0.3, 0.4) is 0 Å². The van der Waals surface area contributed by atoms with Crippen molar-refractivity contribution in [2.75, 3.05) is 12.0 Å². The molecule has 0 bridgehead atoms. The predicted molar refractivity (Wildman–Crippen MR) is 133 cm³/mol. The van der Waals surface area contributed by atoms with Crippen molar-refractivity contribution in [3.8, 4) is 0 Å². The van der Waals surface area contributed by atoms with Crippen molar-refractivity contribution in [2.45, 2.75) is 69.9 Å². The van der Waals surface area contributed by atoms with Crippen molar-refractivity contribution in [3.63, 3.8) is 0 Å². The quantitative estimate of drug-likeness (QED) is 0.477. The van der Waals surface area contributed by atoms with Gasteiger partial charge in [-0.15, -0.1) is 0 Å². The molecule has 1 heterocycles. The topological polar surface area (TPSA) is 88.1 Å². The summed E-state index contributed by atoms with van der Waals surface area (Å²) in [7, 11) is -3.89. The largest absolute Gasteiger partial charge is 0.465 e. The van der Waals surface area contributed by atoms with E-state index in [1.807, 2.05) is 38.1 Å². The fourth-order valence-corrected chi connectivity index (χ4v) is 6.80. The van der Waals surface area contributed by atoms with Crippen molar-refractivity contribution < 1.29 is 17.9 Å². The molecule has 2 aromatic carbocycles. The molecule has 3 atom stereocenters. The Morgan fingerprint density at radius 2 is 1.71 bits per heavy atom. The van der Waals surface area contributed by atoms with Gasteiger partial charge in [0.2, 0.25) is 10.0 Å². The maximum absolute atomic E-state index is 13.8. The number of anilines is 1. The van der Waals surface area contributed by atoms with E-state index in [0.29, 0.717) is 12.8 Å². The second-order valence-corrected chi connectivity index (χ2v) is 11.0. The molecule has 2 aliphatic rings. The summed E-state index contributed by atoms with van der Waals surface area (Å²) in [5.41, 5.74) is 7.08. The van der Waals surface area contributed by atoms with Gasteiger partial charge < -0.3 is 4.74 Å². The second-order valence-electron chi connectivity index (χ2n) is 9.15. The number of carbonyl (C=O) groups is 1. The van der Waals surface area contributed by atoms with Gasteiger partial charge in [-0.05, 0) is 70.7 Å². The highest BCUT2D eigenvalue weighted by Crippen LogP contribution is 2.41. The normalized spacial score (nSPS) is 24.4. The number of hydrazone groups is 1. The molecule has 1 saturated heterocycles. The second kappa shape index (κ2) is 10.3. The lowest BCUT2D eigenvalue weighted by Gasteiger charge is -2.29. The van der Waals surface area contributed by atoms with Crippen LogP contribution in [-0.2, 0) is 19.6 Å². The first-order valence-corrected chi connectivity index (χ1v) is 13.4. The van der Waals surface area contributed by atoms with Gasteiger partial charge in [0.25, 0.3) is 0 Å². The van der Waals surface area contributed by atoms with Crippen molar-refractivity contribution in [3.05, 3.63) is 59.7 Å². The van der Waals surface area contributed by atoms with E-state index in [4.69, 9.17) is 9.84 Å². The van der Waals surface area contributed by atoms with E-state index in [1.54, 1.807) is 31.2 Å². The van der Waals surface area contributed by atoms with Crippen LogP contribution in [0.1, 0.15) is 50.2 Å². The van der Waals surface area contributed by atoms with Crippen LogP contribution in [0.4, 0.5) is 5.69 Å². The molecule has 1 aliphatic heterocycles. The molecule has 8 heteroatoms. The number of esters is 1. The van der Waals surface area contributed by atoms with E-state index in [2.05, 4.69) is 5.43 Å². The van der Waals surface area contributed by atoms with Crippen LogP contribution >= 0.6 is 0 Å². The van der Waals surface area contributed by atoms with Gasteiger partial charge in [0.15, 0.2) is 0 Å². The number of nitrogens with one attached hydrogen (secondary N) is 1. The molecule has 1 N–H and O–H groups in total. The van der Waals surface area contributed by atoms with E-state index in [-0.39, 0.29) is 23.5 Å². The Morgan fingerprint density at radius 3 is 2.35 bits per heavy atom. The lowest BCUT2D eigenvalue weighted by molar-refractivity contribution is -0.147. The van der Waals surface area contributed by atoms with Gasteiger partial charge in [0, 0.05) is 17.7 Å². The highest BCUT2D eigenvalue weighted by Gasteiger charge is 2.52. The summed E-state index contributed by atoms with van der Waals surface area (Å²) in [6.45, 7) is 5.89. The lowest BCUT2D eigenvalue weighted by Crippen LogP contribution is -2.46. The van der Waals surface area contributed by atoms with E-state index in [1.165, 1.54) is 4.31 Å². The number of fused-ring (bicyclic) bond motifs is 1. The first-order valence-electron chi connectivity index (χ1n) is 12.0. The summed E-state index contributed by atoms with van der Waals surface area (Å²) in [6.07, 6.45) is 3.65. The molecule has 1 saturated carbocycles. The van der Waals surface area contributed by atoms with E-state index < -0.39 is 22.0 Å². The average Bonchev–Trinajstić information content (AvgIpc) is 3.10. The molecule has 0 radical (unpaired) electrons. The Labute approximate surface area is 202 Å². The zero-order valence-electron chi connectivity index (χ0n) is 20.0. The SMILES string of the molecule is CCOC(=O)[C@@H]1C[C@@H]2/C(=N\Nc3ccc(C)cc3)CCCC[C@@H]2N1S(=O)(=O)c1ccc(C)cc1. The molecule has 34 heavy (non-hydrogen) atoms. The zero-order valence-corrected chi connectivity index (χ0v) is 20.8. The monoisotopic (exact) mass is 483 g/mol. The molecule has 0 unspecified atom stereocenters. The highest BCUT2D eigenvalue weighted by atomic mass is 32.2. The molecule has 0 amide bonds. The fraction of sp³-hybridized carbons (Fsp3) is 0.462. The van der Waals surface area contributed by atoms with E-state index >= 15 is 0 Å². The summed E-state index contributed by atoms with van der Waals surface area (Å²) < 4.78 is 34.4. The van der Waals surface area contributed by atoms with Crippen LogP contribution in [0.5, 0.6) is 0 Å². The Kier molecular flexibility index (Phi) is 7.38. The maximum atomic E-state index is 13.8. The van der Waals surface area contributed by atoms with Crippen LogP contribution in [-0.4, -0.2) is 43.1 Å². The first kappa shape index (κ1) is 24.4. The number of aryl methyl sites for hydroxylation is 2. The van der Waals surface area contributed by atoms with Gasteiger partial charge in [0.05, 0.1) is 17.2 Å². The minimum absolute atomic E-state index is 0.143. The van der Waals surface area contributed by atoms with Gasteiger partial charge in [-0.2, -0.15) is 9.41 Å². The van der Waals surface area contributed by atoms with Gasteiger partial charge in [-0.25, -0.2) is 8.42 Å². The Balaban J connectivity index is 1.70. The number of hydrogen-bond donors (Lipinski definition) is 1. The third-order valence-corrected chi connectivity index (χ3v) is 8.67. The number of ether oxygens (including phenoxy) is 1. The molecule has 182 valence electrons. The van der Waals surface area contributed by atoms with Crippen molar-refractivity contribution in [1.29, 1.82) is 0 Å². The van der Waals surface area contributed by atoms with Crippen LogP contribution in [0, 0.1) is 19.8 Å². The zero-order chi connectivity index (χ0) is 24.3. The molecular weight excluding hydrogens is 450 g/mol. The molecular formula is C26H33N3O4S. The van der Waals surface area contributed by atoms with Gasteiger partial charge in [0.1, 0.15) is 6.04 Å². The summed E-state index contributed by atoms with van der Waals surface area (Å²) in [5, 5.41) is 4.72. The highest BCUT2D eigenvalue weighted by molar-refractivity contribution is 7.89. The number of hydrogen-bond acceptors (Lipinski definition) is 6. The van der Waals surface area contributed by atoms with E-state index in [0.717, 1.165) is 41.8 Å². The molecule has 7 nitrogen and oxygen atoms in total. The molecule has 2 aromatic rings. The van der Waals surface area contributed by atoms with Crippen LogP contribution < -0.4 is 5.43 Å². The predicted octanol–water partition coefficient (Wildman–Crippen LogP) is 4.66. The number of carbonyl (C=O) groups excluding carboxylic acids is 1. The molecule has 2 fully saturated rings. The Hall–Kier alpha value is -2.71. The third kappa shape index (κ3) is 5.03. The first-order chi connectivity index (χ1) is 16.3. The van der Waals surface area contributed by atoms with Crippen molar-refractivity contribution >= 4 is 27.4 Å². The Morgan fingerprint density at radius 1 is 1.06 bits per heavy atom. The number of nitrogens with zero attached hydrogens (tertiary/aromatic N) is 2.